The number of fused-ring (bicyclic) bond motifs is 1. The number of hydrogen-bond acceptors (Lipinski definition) is 6. The summed E-state index contributed by atoms with van der Waals surface area (Å²) in [5, 5.41) is 5.21. The second-order valence-corrected chi connectivity index (χ2v) is 6.77. The lowest BCUT2D eigenvalue weighted by Crippen LogP contribution is -2.31. The van der Waals surface area contributed by atoms with E-state index in [1.807, 2.05) is 5.38 Å². The Morgan fingerprint density at radius 3 is 2.75 bits per heavy atom. The fourth-order valence-electron chi connectivity index (χ4n) is 2.15. The minimum absolute atomic E-state index is 0.340. The molecule has 2 N–H and O–H groups in total. The summed E-state index contributed by atoms with van der Waals surface area (Å²) in [7, 11) is 0. The molecule has 0 aromatic carbocycles. The van der Waals surface area contributed by atoms with E-state index in [4.69, 9.17) is 5.73 Å². The van der Waals surface area contributed by atoms with E-state index in [0.717, 1.165) is 22.6 Å². The van der Waals surface area contributed by atoms with Crippen LogP contribution in [0.15, 0.2) is 29.0 Å². The number of aromatic nitrogens is 2. The van der Waals surface area contributed by atoms with Crippen LogP contribution in [0.25, 0.3) is 10.2 Å². The molecule has 0 saturated heterocycles. The summed E-state index contributed by atoms with van der Waals surface area (Å²) in [5.74, 6) is 1.27. The molecule has 0 radical (unpaired) electrons. The van der Waals surface area contributed by atoms with Crippen molar-refractivity contribution >= 4 is 44.7 Å². The van der Waals surface area contributed by atoms with Crippen molar-refractivity contribution in [2.45, 2.75) is 26.4 Å². The first-order chi connectivity index (χ1) is 9.65. The summed E-state index contributed by atoms with van der Waals surface area (Å²) in [6.45, 7) is 5.19. The molecule has 20 heavy (non-hydrogen) atoms. The molecule has 0 saturated carbocycles. The zero-order chi connectivity index (χ0) is 14.1. The van der Waals surface area contributed by atoms with Crippen molar-refractivity contribution in [3.05, 3.63) is 33.8 Å². The van der Waals surface area contributed by atoms with Gasteiger partial charge < -0.3 is 10.6 Å². The van der Waals surface area contributed by atoms with Gasteiger partial charge in [-0.1, -0.05) is 6.07 Å². The quantitative estimate of drug-likeness (QED) is 0.797. The maximum absolute atomic E-state index is 5.86. The second-order valence-electron chi connectivity index (χ2n) is 4.85. The molecule has 0 spiro atoms. The molecule has 0 aliphatic rings. The van der Waals surface area contributed by atoms with Crippen molar-refractivity contribution in [2.75, 3.05) is 10.6 Å². The van der Waals surface area contributed by atoms with Crippen molar-refractivity contribution in [1.82, 2.24) is 9.97 Å². The summed E-state index contributed by atoms with van der Waals surface area (Å²) in [4.78, 5) is 13.3. The maximum Gasteiger partial charge on any atom is 0.223 e. The highest BCUT2D eigenvalue weighted by atomic mass is 32.1. The Kier molecular flexibility index (Phi) is 3.58. The number of anilines is 2. The van der Waals surface area contributed by atoms with Crippen LogP contribution in [0.4, 0.5) is 11.8 Å². The van der Waals surface area contributed by atoms with Crippen molar-refractivity contribution in [3.8, 4) is 0 Å². The first-order valence-electron chi connectivity index (χ1n) is 6.45. The monoisotopic (exact) mass is 304 g/mol. The van der Waals surface area contributed by atoms with Gasteiger partial charge in [0, 0.05) is 10.9 Å². The second kappa shape index (κ2) is 5.38. The SMILES string of the molecule is CC(C)N(Cc1cccs1)c1nc(N)nc2sccc12. The van der Waals surface area contributed by atoms with E-state index in [1.54, 1.807) is 22.7 Å². The molecule has 3 heterocycles. The molecule has 0 bridgehead atoms. The molecule has 0 aliphatic heterocycles. The van der Waals surface area contributed by atoms with Crippen LogP contribution >= 0.6 is 22.7 Å². The van der Waals surface area contributed by atoms with E-state index < -0.39 is 0 Å². The fraction of sp³-hybridized carbons (Fsp3) is 0.286. The first-order valence-corrected chi connectivity index (χ1v) is 8.21. The average Bonchev–Trinajstić information content (AvgIpc) is 3.05. The van der Waals surface area contributed by atoms with Crippen LogP contribution in [0.1, 0.15) is 18.7 Å². The smallest absolute Gasteiger partial charge is 0.223 e. The molecule has 3 rings (SSSR count). The van der Waals surface area contributed by atoms with Crippen LogP contribution in [0.3, 0.4) is 0 Å². The Balaban J connectivity index is 2.07. The van der Waals surface area contributed by atoms with Crippen LogP contribution in [0.2, 0.25) is 0 Å². The Bertz CT molecular complexity index is 703. The van der Waals surface area contributed by atoms with Gasteiger partial charge in [0.1, 0.15) is 10.6 Å². The molecule has 0 unspecified atom stereocenters. The molecular formula is C14H16N4S2. The third kappa shape index (κ3) is 2.48. The largest absolute Gasteiger partial charge is 0.368 e. The molecule has 104 valence electrons. The fourth-order valence-corrected chi connectivity index (χ4v) is 3.62. The van der Waals surface area contributed by atoms with E-state index in [2.05, 4.69) is 52.3 Å². The number of nitrogens with zero attached hydrogens (tertiary/aromatic N) is 3. The molecule has 3 aromatic heterocycles. The molecule has 0 aliphatic carbocycles. The van der Waals surface area contributed by atoms with E-state index >= 15 is 0 Å². The van der Waals surface area contributed by atoms with Crippen LogP contribution in [-0.4, -0.2) is 16.0 Å². The summed E-state index contributed by atoms with van der Waals surface area (Å²) in [6.07, 6.45) is 0. The van der Waals surface area contributed by atoms with Gasteiger partial charge in [-0.05, 0) is 36.7 Å². The van der Waals surface area contributed by atoms with E-state index in [1.165, 1.54) is 4.88 Å². The molecule has 3 aromatic rings. The van der Waals surface area contributed by atoms with Gasteiger partial charge in [0.2, 0.25) is 5.95 Å². The van der Waals surface area contributed by atoms with Crippen molar-refractivity contribution < 1.29 is 0 Å². The number of rotatable bonds is 4. The molecular weight excluding hydrogens is 288 g/mol. The van der Waals surface area contributed by atoms with E-state index in [9.17, 15) is 0 Å². The van der Waals surface area contributed by atoms with Crippen LogP contribution < -0.4 is 10.6 Å². The van der Waals surface area contributed by atoms with Gasteiger partial charge in [0.25, 0.3) is 0 Å². The van der Waals surface area contributed by atoms with Gasteiger partial charge in [-0.25, -0.2) is 4.98 Å². The zero-order valence-corrected chi connectivity index (χ0v) is 13.0. The van der Waals surface area contributed by atoms with E-state index in [0.29, 0.717) is 12.0 Å². The van der Waals surface area contributed by atoms with Crippen molar-refractivity contribution in [3.63, 3.8) is 0 Å². The Morgan fingerprint density at radius 1 is 1.20 bits per heavy atom. The minimum atomic E-state index is 0.340. The highest BCUT2D eigenvalue weighted by Gasteiger charge is 2.18. The number of hydrogen-bond donors (Lipinski definition) is 1. The third-order valence-electron chi connectivity index (χ3n) is 3.12. The molecule has 4 nitrogen and oxygen atoms in total. The van der Waals surface area contributed by atoms with Gasteiger partial charge in [-0.15, -0.1) is 22.7 Å². The topological polar surface area (TPSA) is 55.0 Å². The predicted molar refractivity (Wildman–Crippen MR) is 87.5 cm³/mol. The van der Waals surface area contributed by atoms with Gasteiger partial charge in [0.05, 0.1) is 11.9 Å². The van der Waals surface area contributed by atoms with Gasteiger partial charge in [0.15, 0.2) is 0 Å². The normalized spacial score (nSPS) is 11.3. The predicted octanol–water partition coefficient (Wildman–Crippen LogP) is 3.75. The summed E-state index contributed by atoms with van der Waals surface area (Å²) < 4.78 is 0. The van der Waals surface area contributed by atoms with Crippen LogP contribution in [0, 0.1) is 0 Å². The molecule has 0 fully saturated rings. The Hall–Kier alpha value is -1.66. The highest BCUT2D eigenvalue weighted by molar-refractivity contribution is 7.16. The minimum Gasteiger partial charge on any atom is -0.368 e. The molecule has 0 amide bonds. The van der Waals surface area contributed by atoms with Crippen molar-refractivity contribution in [1.29, 1.82) is 0 Å². The molecule has 6 heteroatoms. The van der Waals surface area contributed by atoms with Crippen LogP contribution in [-0.2, 0) is 6.54 Å². The third-order valence-corrected chi connectivity index (χ3v) is 4.79. The van der Waals surface area contributed by atoms with Crippen LogP contribution in [0.5, 0.6) is 0 Å². The Labute approximate surface area is 125 Å². The lowest BCUT2D eigenvalue weighted by Gasteiger charge is -2.28. The van der Waals surface area contributed by atoms with Gasteiger partial charge in [-0.3, -0.25) is 0 Å². The van der Waals surface area contributed by atoms with Gasteiger partial charge in [-0.2, -0.15) is 4.98 Å². The van der Waals surface area contributed by atoms with E-state index in [-0.39, 0.29) is 0 Å². The summed E-state index contributed by atoms with van der Waals surface area (Å²) in [5.41, 5.74) is 5.86. The lowest BCUT2D eigenvalue weighted by molar-refractivity contribution is 0.680. The number of nitrogens with two attached hydrogens (primary N) is 1. The average molecular weight is 304 g/mol. The lowest BCUT2D eigenvalue weighted by atomic mass is 10.2. The number of thiophene rings is 2. The standard InChI is InChI=1S/C14H16N4S2/c1-9(2)18(8-10-4-3-6-19-10)12-11-5-7-20-13(11)17-14(15)16-12/h3-7,9H,8H2,1-2H3,(H2,15,16,17). The molecule has 0 atom stereocenters. The Morgan fingerprint density at radius 2 is 2.05 bits per heavy atom. The summed E-state index contributed by atoms with van der Waals surface area (Å²) >= 11 is 3.36. The van der Waals surface area contributed by atoms with Crippen molar-refractivity contribution in [2.24, 2.45) is 0 Å². The first kappa shape index (κ1) is 13.3. The van der Waals surface area contributed by atoms with Gasteiger partial charge >= 0.3 is 0 Å². The maximum atomic E-state index is 5.86. The zero-order valence-electron chi connectivity index (χ0n) is 11.4. The highest BCUT2D eigenvalue weighted by Crippen LogP contribution is 2.31. The number of nitrogen functional groups attached to an aromatic ring is 1. The summed E-state index contributed by atoms with van der Waals surface area (Å²) in [6, 6.07) is 6.63.